The summed E-state index contributed by atoms with van der Waals surface area (Å²) < 4.78 is 58.4. The van der Waals surface area contributed by atoms with E-state index in [4.69, 9.17) is 4.52 Å². The fourth-order valence-corrected chi connectivity index (χ4v) is 4.15. The Morgan fingerprint density at radius 1 is 1.17 bits per heavy atom. The molecule has 7 nitrogen and oxygen atoms in total. The molecule has 1 aliphatic rings. The van der Waals surface area contributed by atoms with Gasteiger partial charge in [-0.1, -0.05) is 11.2 Å². The van der Waals surface area contributed by atoms with Crippen molar-refractivity contribution in [2.75, 3.05) is 11.9 Å². The standard InChI is InChI=1S/C24H24F4N4O3/c25-18-10-15(9-17(13-18)24(26,27)28)16(12-22(33)34)11-21-31-20(32-35-21)5-1-4-19-7-6-14-3-2-8-29-23(14)30-19/h6-7,9-10,13,16H,1-5,8,11-12H2,(H,29,30)(H,33,34). The lowest BCUT2D eigenvalue weighted by molar-refractivity contribution is -0.138. The van der Waals surface area contributed by atoms with Gasteiger partial charge in [-0.15, -0.1) is 0 Å². The van der Waals surface area contributed by atoms with Gasteiger partial charge in [0.1, 0.15) is 11.6 Å². The molecule has 0 aliphatic carbocycles. The van der Waals surface area contributed by atoms with E-state index in [-0.39, 0.29) is 17.9 Å². The van der Waals surface area contributed by atoms with Crippen molar-refractivity contribution < 1.29 is 32.0 Å². The predicted molar refractivity (Wildman–Crippen MR) is 117 cm³/mol. The number of fused-ring (bicyclic) bond motifs is 1. The summed E-state index contributed by atoms with van der Waals surface area (Å²) in [4.78, 5) is 20.2. The molecule has 4 rings (SSSR count). The molecular formula is C24H24F4N4O3. The van der Waals surface area contributed by atoms with Gasteiger partial charge in [0.05, 0.1) is 12.0 Å². The molecule has 35 heavy (non-hydrogen) atoms. The number of hydrogen-bond acceptors (Lipinski definition) is 6. The number of pyridine rings is 1. The SMILES string of the molecule is O=C(O)CC(Cc1nc(CCCc2ccc3c(n2)NCCC3)no1)c1cc(F)cc(C(F)(F)F)c1. The molecular weight excluding hydrogens is 468 g/mol. The number of nitrogens with one attached hydrogen (secondary N) is 1. The first kappa shape index (κ1) is 24.6. The highest BCUT2D eigenvalue weighted by Crippen LogP contribution is 2.34. The van der Waals surface area contributed by atoms with Crippen molar-refractivity contribution in [1.82, 2.24) is 15.1 Å². The first-order valence-electron chi connectivity index (χ1n) is 11.3. The zero-order chi connectivity index (χ0) is 25.0. The van der Waals surface area contributed by atoms with Gasteiger partial charge in [0.2, 0.25) is 5.89 Å². The molecule has 0 spiro atoms. The molecule has 3 aromatic rings. The number of carbonyl (C=O) groups is 1. The molecule has 1 unspecified atom stereocenters. The zero-order valence-corrected chi connectivity index (χ0v) is 18.7. The third-order valence-electron chi connectivity index (χ3n) is 5.86. The lowest BCUT2D eigenvalue weighted by Crippen LogP contribution is -2.14. The van der Waals surface area contributed by atoms with E-state index in [1.165, 1.54) is 5.56 Å². The van der Waals surface area contributed by atoms with E-state index in [2.05, 4.69) is 26.5 Å². The maximum absolute atomic E-state index is 13.9. The van der Waals surface area contributed by atoms with Crippen molar-refractivity contribution in [3.8, 4) is 0 Å². The molecule has 2 N–H and O–H groups in total. The average Bonchev–Trinajstić information content (AvgIpc) is 3.24. The molecule has 0 bridgehead atoms. The number of alkyl halides is 3. The molecule has 1 atom stereocenters. The van der Waals surface area contributed by atoms with Gasteiger partial charge in [0, 0.05) is 31.0 Å². The van der Waals surface area contributed by atoms with Crippen LogP contribution in [0.4, 0.5) is 23.4 Å². The third kappa shape index (κ3) is 6.55. The quantitative estimate of drug-likeness (QED) is 0.407. The summed E-state index contributed by atoms with van der Waals surface area (Å²) in [6, 6.07) is 6.11. The van der Waals surface area contributed by atoms with Crippen LogP contribution in [0.3, 0.4) is 0 Å². The summed E-state index contributed by atoms with van der Waals surface area (Å²) in [5, 5.41) is 16.4. The second-order valence-corrected chi connectivity index (χ2v) is 8.57. The van der Waals surface area contributed by atoms with Crippen LogP contribution >= 0.6 is 0 Å². The Hall–Kier alpha value is -3.50. The second-order valence-electron chi connectivity index (χ2n) is 8.57. The van der Waals surface area contributed by atoms with Crippen molar-refractivity contribution in [2.24, 2.45) is 0 Å². The van der Waals surface area contributed by atoms with E-state index < -0.39 is 35.9 Å². The van der Waals surface area contributed by atoms with Gasteiger partial charge in [0.15, 0.2) is 5.82 Å². The smallest absolute Gasteiger partial charge is 0.416 e. The summed E-state index contributed by atoms with van der Waals surface area (Å²) in [7, 11) is 0. The molecule has 0 radical (unpaired) electrons. The van der Waals surface area contributed by atoms with Gasteiger partial charge in [-0.25, -0.2) is 9.37 Å². The largest absolute Gasteiger partial charge is 0.481 e. The molecule has 1 aliphatic heterocycles. The van der Waals surface area contributed by atoms with E-state index in [1.807, 2.05) is 6.07 Å². The molecule has 0 saturated heterocycles. The lowest BCUT2D eigenvalue weighted by Gasteiger charge is -2.17. The second kappa shape index (κ2) is 10.4. The first-order valence-corrected chi connectivity index (χ1v) is 11.3. The Morgan fingerprint density at radius 3 is 2.77 bits per heavy atom. The van der Waals surface area contributed by atoms with Crippen LogP contribution < -0.4 is 5.32 Å². The number of halogens is 4. The fourth-order valence-electron chi connectivity index (χ4n) is 4.15. The van der Waals surface area contributed by atoms with Crippen molar-refractivity contribution in [3.05, 3.63) is 70.2 Å². The number of aliphatic carboxylic acids is 1. The number of rotatable bonds is 9. The van der Waals surface area contributed by atoms with Gasteiger partial charge in [-0.3, -0.25) is 4.79 Å². The first-order chi connectivity index (χ1) is 16.7. The van der Waals surface area contributed by atoms with Gasteiger partial charge in [0.25, 0.3) is 0 Å². The number of aryl methyl sites for hydroxylation is 3. The van der Waals surface area contributed by atoms with Gasteiger partial charge in [-0.2, -0.15) is 18.2 Å². The van der Waals surface area contributed by atoms with E-state index in [0.29, 0.717) is 31.2 Å². The third-order valence-corrected chi connectivity index (χ3v) is 5.86. The molecule has 3 heterocycles. The Labute approximate surface area is 198 Å². The van der Waals surface area contributed by atoms with Crippen LogP contribution in [0.25, 0.3) is 0 Å². The number of hydrogen-bond donors (Lipinski definition) is 2. The maximum atomic E-state index is 13.9. The zero-order valence-electron chi connectivity index (χ0n) is 18.7. The van der Waals surface area contributed by atoms with E-state index >= 15 is 0 Å². The number of carboxylic acids is 1. The summed E-state index contributed by atoms with van der Waals surface area (Å²) >= 11 is 0. The van der Waals surface area contributed by atoms with Crippen LogP contribution in [0.15, 0.2) is 34.9 Å². The normalized spacial score (nSPS) is 14.3. The molecule has 1 aromatic carbocycles. The van der Waals surface area contributed by atoms with E-state index in [1.54, 1.807) is 0 Å². The summed E-state index contributed by atoms with van der Waals surface area (Å²) in [5.41, 5.74) is 0.876. The Morgan fingerprint density at radius 2 is 2.00 bits per heavy atom. The minimum absolute atomic E-state index is 0.0835. The number of carboxylic acid groups (broad SMARTS) is 1. The topological polar surface area (TPSA) is 101 Å². The summed E-state index contributed by atoms with van der Waals surface area (Å²) in [6.07, 6.45) is -1.43. The monoisotopic (exact) mass is 492 g/mol. The minimum atomic E-state index is -4.76. The fraction of sp³-hybridized carbons (Fsp3) is 0.417. The highest BCUT2D eigenvalue weighted by atomic mass is 19.4. The van der Waals surface area contributed by atoms with Gasteiger partial charge in [-0.05, 0) is 61.1 Å². The average molecular weight is 492 g/mol. The summed E-state index contributed by atoms with van der Waals surface area (Å²) in [6.45, 7) is 0.908. The van der Waals surface area contributed by atoms with Crippen LogP contribution in [0, 0.1) is 5.82 Å². The number of benzene rings is 1. The van der Waals surface area contributed by atoms with Crippen molar-refractivity contribution in [1.29, 1.82) is 0 Å². The van der Waals surface area contributed by atoms with Crippen LogP contribution in [0.2, 0.25) is 0 Å². The Balaban J connectivity index is 1.40. The molecule has 2 aromatic heterocycles. The maximum Gasteiger partial charge on any atom is 0.416 e. The highest BCUT2D eigenvalue weighted by molar-refractivity contribution is 5.68. The Bertz CT molecular complexity index is 1200. The van der Waals surface area contributed by atoms with E-state index in [9.17, 15) is 27.5 Å². The number of anilines is 1. The summed E-state index contributed by atoms with van der Waals surface area (Å²) in [5.74, 6) is -1.89. The van der Waals surface area contributed by atoms with Crippen molar-refractivity contribution >= 4 is 11.8 Å². The molecule has 11 heteroatoms. The van der Waals surface area contributed by atoms with Crippen LogP contribution in [0.1, 0.15) is 59.3 Å². The van der Waals surface area contributed by atoms with Gasteiger partial charge >= 0.3 is 12.1 Å². The highest BCUT2D eigenvalue weighted by Gasteiger charge is 2.32. The van der Waals surface area contributed by atoms with Crippen LogP contribution in [0.5, 0.6) is 0 Å². The predicted octanol–water partition coefficient (Wildman–Crippen LogP) is 4.96. The lowest BCUT2D eigenvalue weighted by atomic mass is 9.91. The van der Waals surface area contributed by atoms with Crippen molar-refractivity contribution in [3.63, 3.8) is 0 Å². The molecule has 0 saturated carbocycles. The van der Waals surface area contributed by atoms with Crippen LogP contribution in [-0.2, 0) is 36.7 Å². The molecule has 186 valence electrons. The minimum Gasteiger partial charge on any atom is -0.481 e. The molecule has 0 amide bonds. The Kier molecular flexibility index (Phi) is 7.32. The van der Waals surface area contributed by atoms with Crippen LogP contribution in [-0.4, -0.2) is 32.7 Å². The number of nitrogens with zero attached hydrogens (tertiary/aromatic N) is 3. The van der Waals surface area contributed by atoms with Gasteiger partial charge < -0.3 is 14.9 Å². The van der Waals surface area contributed by atoms with Crippen molar-refractivity contribution in [2.45, 2.75) is 57.0 Å². The molecule has 0 fully saturated rings. The number of aromatic nitrogens is 3. The van der Waals surface area contributed by atoms with E-state index in [0.717, 1.165) is 43.0 Å².